The fourth-order valence-electron chi connectivity index (χ4n) is 5.61. The molecule has 0 saturated carbocycles. The van der Waals surface area contributed by atoms with Crippen molar-refractivity contribution in [1.29, 1.82) is 0 Å². The maximum atomic E-state index is 13.3. The van der Waals surface area contributed by atoms with Gasteiger partial charge in [0.25, 0.3) is 11.7 Å². The maximum Gasteiger partial charge on any atom is 0.326 e. The average Bonchev–Trinajstić information content (AvgIpc) is 2.96. The lowest BCUT2D eigenvalue weighted by Crippen LogP contribution is -2.60. The standard InChI is InChI=1S/C32H49NO9/c1-21(18-23(3)27(34)20-40-5)12-8-7-9-13-22(2)28(41-6)19-25-16-15-24(4)32(39,42-25)29(35)30(36)33-17-11-10-14-26(33)31(37)38/h7-9,12-13,21,23-26,28,39H,10-11,14-20H2,1-6H3,(H,37,38)/t21-,23-,24-,25+,26?,28+,32-/m1/s1. The maximum absolute atomic E-state index is 13.3. The fourth-order valence-corrected chi connectivity index (χ4v) is 5.61. The molecule has 10 heteroatoms. The molecule has 2 N–H and O–H groups in total. The SMILES string of the molecule is COCC(=O)[C@H](C)C[C@H](C)C=CC=CC=C(C)[C@H](C[C@@H]1CC[C@@H](C)[C@](O)(C(=O)C(=O)N2CCCCC2C(=O)O)O1)OC. The van der Waals surface area contributed by atoms with Gasteiger partial charge in [0.1, 0.15) is 12.6 Å². The quantitative estimate of drug-likeness (QED) is 0.215. The Kier molecular flexibility index (Phi) is 14.2. The van der Waals surface area contributed by atoms with Crippen LogP contribution in [0.15, 0.2) is 36.0 Å². The number of aliphatic hydroxyl groups is 1. The van der Waals surface area contributed by atoms with Gasteiger partial charge < -0.3 is 29.3 Å². The average molecular weight is 592 g/mol. The van der Waals surface area contributed by atoms with Crippen molar-refractivity contribution < 1.29 is 43.6 Å². The highest BCUT2D eigenvalue weighted by atomic mass is 16.6. The first-order chi connectivity index (χ1) is 19.8. The Bertz CT molecular complexity index is 1040. The zero-order chi connectivity index (χ0) is 31.4. The van der Waals surface area contributed by atoms with Crippen LogP contribution in [0.4, 0.5) is 0 Å². The third-order valence-corrected chi connectivity index (χ3v) is 8.36. The van der Waals surface area contributed by atoms with E-state index in [0.717, 1.165) is 16.9 Å². The number of Topliss-reactive ketones (excluding diaryl/α,β-unsaturated/α-hetero) is 2. The summed E-state index contributed by atoms with van der Waals surface area (Å²) in [4.78, 5) is 51.0. The molecule has 2 aliphatic rings. The number of piperidine rings is 1. The van der Waals surface area contributed by atoms with Crippen molar-refractivity contribution >= 4 is 23.4 Å². The van der Waals surface area contributed by atoms with Crippen LogP contribution in [-0.4, -0.2) is 90.0 Å². The summed E-state index contributed by atoms with van der Waals surface area (Å²) in [5, 5.41) is 20.8. The Morgan fingerprint density at radius 2 is 1.79 bits per heavy atom. The van der Waals surface area contributed by atoms with E-state index in [2.05, 4.69) is 6.92 Å². The number of ether oxygens (including phenoxy) is 3. The summed E-state index contributed by atoms with van der Waals surface area (Å²) in [5.74, 6) is -6.00. The number of ketones is 2. The second-order valence-electron chi connectivity index (χ2n) is 11.7. The molecule has 236 valence electrons. The Labute approximate surface area is 249 Å². The third kappa shape index (κ3) is 9.69. The minimum atomic E-state index is -2.33. The number of aliphatic carboxylic acids is 1. The number of rotatable bonds is 15. The van der Waals surface area contributed by atoms with E-state index in [1.165, 1.54) is 7.11 Å². The van der Waals surface area contributed by atoms with Crippen LogP contribution in [0.3, 0.4) is 0 Å². The van der Waals surface area contributed by atoms with Crippen molar-refractivity contribution in [2.45, 2.75) is 96.7 Å². The Hall–Kier alpha value is -2.66. The molecule has 10 nitrogen and oxygen atoms in total. The van der Waals surface area contributed by atoms with E-state index in [0.29, 0.717) is 32.1 Å². The lowest BCUT2D eigenvalue weighted by Gasteiger charge is -2.42. The zero-order valence-corrected chi connectivity index (χ0v) is 25.9. The van der Waals surface area contributed by atoms with E-state index in [-0.39, 0.29) is 43.3 Å². The van der Waals surface area contributed by atoms with Gasteiger partial charge in [0.05, 0.1) is 12.2 Å². The molecule has 0 aromatic carbocycles. The van der Waals surface area contributed by atoms with Crippen molar-refractivity contribution in [3.05, 3.63) is 36.0 Å². The van der Waals surface area contributed by atoms with Crippen molar-refractivity contribution in [3.8, 4) is 0 Å². The predicted octanol–water partition coefficient (Wildman–Crippen LogP) is 3.87. The number of carbonyl (C=O) groups is 4. The summed E-state index contributed by atoms with van der Waals surface area (Å²) in [6.45, 7) is 7.83. The monoisotopic (exact) mass is 591 g/mol. The lowest BCUT2D eigenvalue weighted by molar-refractivity contribution is -0.265. The molecule has 0 radical (unpaired) electrons. The molecule has 0 bridgehead atoms. The van der Waals surface area contributed by atoms with Gasteiger partial charge >= 0.3 is 5.97 Å². The molecule has 0 spiro atoms. The Balaban J connectivity index is 2.00. The van der Waals surface area contributed by atoms with Gasteiger partial charge in [0.15, 0.2) is 5.78 Å². The van der Waals surface area contributed by atoms with Crippen molar-refractivity contribution in [2.75, 3.05) is 27.4 Å². The van der Waals surface area contributed by atoms with E-state index in [4.69, 9.17) is 14.2 Å². The molecule has 2 rings (SSSR count). The normalized spacial score (nSPS) is 27.6. The van der Waals surface area contributed by atoms with Crippen LogP contribution in [0.1, 0.15) is 72.6 Å². The first-order valence-corrected chi connectivity index (χ1v) is 14.9. The molecule has 7 atom stereocenters. The highest BCUT2D eigenvalue weighted by Gasteiger charge is 2.52. The number of carbonyl (C=O) groups excluding carboxylic acids is 3. The predicted molar refractivity (Wildman–Crippen MR) is 157 cm³/mol. The number of likely N-dealkylation sites (tertiary alicyclic amines) is 1. The minimum absolute atomic E-state index is 0.0688. The molecule has 2 heterocycles. The van der Waals surface area contributed by atoms with E-state index in [9.17, 15) is 29.4 Å². The summed E-state index contributed by atoms with van der Waals surface area (Å²) in [5.41, 5.74) is 0.916. The molecule has 2 fully saturated rings. The second-order valence-corrected chi connectivity index (χ2v) is 11.7. The van der Waals surface area contributed by atoms with Gasteiger partial charge in [-0.15, -0.1) is 0 Å². The van der Waals surface area contributed by atoms with Gasteiger partial charge in [-0.1, -0.05) is 51.2 Å². The van der Waals surface area contributed by atoms with Crippen LogP contribution in [0.5, 0.6) is 0 Å². The number of hydrogen-bond donors (Lipinski definition) is 2. The van der Waals surface area contributed by atoms with E-state index in [1.807, 2.05) is 44.2 Å². The van der Waals surface area contributed by atoms with Crippen LogP contribution in [-0.2, 0) is 33.4 Å². The number of carboxylic acid groups (broad SMARTS) is 1. The molecular formula is C32H49NO9. The van der Waals surface area contributed by atoms with Crippen LogP contribution in [0.2, 0.25) is 0 Å². The van der Waals surface area contributed by atoms with Gasteiger partial charge in [0, 0.05) is 39.0 Å². The molecule has 0 aliphatic carbocycles. The van der Waals surface area contributed by atoms with Crippen LogP contribution >= 0.6 is 0 Å². The number of carboxylic acids is 1. The summed E-state index contributed by atoms with van der Waals surface area (Å²) in [6, 6.07) is -1.08. The van der Waals surface area contributed by atoms with E-state index in [1.54, 1.807) is 14.0 Å². The number of hydrogen-bond acceptors (Lipinski definition) is 8. The number of allylic oxidation sites excluding steroid dienone is 5. The molecule has 2 saturated heterocycles. The van der Waals surface area contributed by atoms with Crippen LogP contribution in [0, 0.1) is 17.8 Å². The number of nitrogens with zero attached hydrogens (tertiary/aromatic N) is 1. The van der Waals surface area contributed by atoms with E-state index < -0.39 is 41.5 Å². The van der Waals surface area contributed by atoms with Gasteiger partial charge in [-0.3, -0.25) is 14.4 Å². The van der Waals surface area contributed by atoms with Gasteiger partial charge in [-0.05, 0) is 56.9 Å². The van der Waals surface area contributed by atoms with Gasteiger partial charge in [-0.2, -0.15) is 0 Å². The lowest BCUT2D eigenvalue weighted by atomic mass is 9.85. The summed E-state index contributed by atoms with van der Waals surface area (Å²) in [6.07, 6.45) is 12.5. The van der Waals surface area contributed by atoms with Crippen molar-refractivity contribution in [1.82, 2.24) is 4.90 Å². The third-order valence-electron chi connectivity index (χ3n) is 8.36. The molecule has 42 heavy (non-hydrogen) atoms. The Morgan fingerprint density at radius 1 is 1.07 bits per heavy atom. The molecular weight excluding hydrogens is 542 g/mol. The summed E-state index contributed by atoms with van der Waals surface area (Å²) in [7, 11) is 3.10. The van der Waals surface area contributed by atoms with Crippen LogP contribution < -0.4 is 0 Å². The molecule has 2 aliphatic heterocycles. The number of methoxy groups -OCH3 is 2. The molecule has 1 amide bonds. The van der Waals surface area contributed by atoms with Crippen molar-refractivity contribution in [3.63, 3.8) is 0 Å². The second kappa shape index (κ2) is 16.8. The first kappa shape index (κ1) is 35.5. The van der Waals surface area contributed by atoms with Crippen LogP contribution in [0.25, 0.3) is 0 Å². The topological polar surface area (TPSA) is 140 Å². The smallest absolute Gasteiger partial charge is 0.326 e. The zero-order valence-electron chi connectivity index (χ0n) is 25.9. The van der Waals surface area contributed by atoms with Gasteiger partial charge in [-0.25, -0.2) is 4.79 Å². The fraction of sp³-hybridized carbons (Fsp3) is 0.688. The van der Waals surface area contributed by atoms with Gasteiger partial charge in [0.2, 0.25) is 5.79 Å². The minimum Gasteiger partial charge on any atom is -0.480 e. The molecule has 0 aromatic rings. The number of amides is 1. The summed E-state index contributed by atoms with van der Waals surface area (Å²) >= 11 is 0. The first-order valence-electron chi connectivity index (χ1n) is 14.9. The Morgan fingerprint density at radius 3 is 2.43 bits per heavy atom. The largest absolute Gasteiger partial charge is 0.480 e. The molecule has 0 aromatic heterocycles. The van der Waals surface area contributed by atoms with Crippen molar-refractivity contribution in [2.24, 2.45) is 17.8 Å². The summed E-state index contributed by atoms with van der Waals surface area (Å²) < 4.78 is 16.5. The van der Waals surface area contributed by atoms with E-state index >= 15 is 0 Å². The highest BCUT2D eigenvalue weighted by Crippen LogP contribution is 2.36. The highest BCUT2D eigenvalue weighted by molar-refractivity contribution is 6.39. The molecule has 1 unspecified atom stereocenters.